The van der Waals surface area contributed by atoms with E-state index in [-0.39, 0.29) is 0 Å². The van der Waals surface area contributed by atoms with E-state index in [1.807, 2.05) is 0 Å². The lowest BCUT2D eigenvalue weighted by molar-refractivity contribution is 0.252. The molecule has 1 unspecified atom stereocenters. The van der Waals surface area contributed by atoms with Gasteiger partial charge in [0.1, 0.15) is 11.5 Å². The quantitative estimate of drug-likeness (QED) is 0.715. The first kappa shape index (κ1) is 14.9. The van der Waals surface area contributed by atoms with Crippen molar-refractivity contribution < 1.29 is 19.5 Å². The molecule has 0 saturated heterocycles. The zero-order chi connectivity index (χ0) is 13.5. The van der Waals surface area contributed by atoms with E-state index >= 15 is 0 Å². The van der Waals surface area contributed by atoms with Gasteiger partial charge >= 0.3 is 7.12 Å². The second-order valence-corrected chi connectivity index (χ2v) is 4.48. The van der Waals surface area contributed by atoms with Gasteiger partial charge in [-0.05, 0) is 30.5 Å². The predicted octanol–water partition coefficient (Wildman–Crippen LogP) is 1.19. The van der Waals surface area contributed by atoms with E-state index in [2.05, 4.69) is 13.8 Å². The van der Waals surface area contributed by atoms with Crippen LogP contribution in [-0.4, -0.2) is 30.9 Å². The molecule has 0 aliphatic rings. The van der Waals surface area contributed by atoms with Crippen LogP contribution in [0.4, 0.5) is 0 Å². The fourth-order valence-corrected chi connectivity index (χ4v) is 1.79. The maximum absolute atomic E-state index is 9.31. The van der Waals surface area contributed by atoms with E-state index in [0.29, 0.717) is 29.5 Å². The first-order valence-corrected chi connectivity index (χ1v) is 6.25. The Morgan fingerprint density at radius 2 is 2.06 bits per heavy atom. The van der Waals surface area contributed by atoms with Crippen molar-refractivity contribution in [3.05, 3.63) is 18.2 Å². The van der Waals surface area contributed by atoms with Crippen LogP contribution >= 0.6 is 0 Å². The average molecular weight is 252 g/mol. The molecule has 0 aliphatic carbocycles. The van der Waals surface area contributed by atoms with Gasteiger partial charge in [0.05, 0.1) is 13.7 Å². The van der Waals surface area contributed by atoms with Gasteiger partial charge in [-0.1, -0.05) is 20.3 Å². The van der Waals surface area contributed by atoms with Gasteiger partial charge in [-0.3, -0.25) is 0 Å². The Labute approximate surface area is 109 Å². The van der Waals surface area contributed by atoms with E-state index in [9.17, 15) is 10.0 Å². The summed E-state index contributed by atoms with van der Waals surface area (Å²) in [5.74, 6) is 1.52. The summed E-state index contributed by atoms with van der Waals surface area (Å²) in [5, 5.41) is 18.6. The first-order valence-electron chi connectivity index (χ1n) is 6.25. The molecule has 2 N–H and O–H groups in total. The van der Waals surface area contributed by atoms with Gasteiger partial charge < -0.3 is 19.5 Å². The number of rotatable bonds is 7. The van der Waals surface area contributed by atoms with E-state index in [4.69, 9.17) is 9.47 Å². The molecule has 0 aliphatic heterocycles. The summed E-state index contributed by atoms with van der Waals surface area (Å²) in [6.45, 7) is 4.81. The highest BCUT2D eigenvalue weighted by atomic mass is 16.5. The molecule has 1 aromatic rings. The van der Waals surface area contributed by atoms with E-state index in [1.54, 1.807) is 18.2 Å². The highest BCUT2D eigenvalue weighted by Crippen LogP contribution is 2.17. The molecule has 18 heavy (non-hydrogen) atoms. The van der Waals surface area contributed by atoms with Crippen LogP contribution in [0.3, 0.4) is 0 Å². The van der Waals surface area contributed by atoms with Crippen molar-refractivity contribution in [1.29, 1.82) is 0 Å². The minimum atomic E-state index is -1.56. The summed E-state index contributed by atoms with van der Waals surface area (Å²) in [7, 11) is -0.0243. The molecule has 5 heteroatoms. The van der Waals surface area contributed by atoms with Crippen molar-refractivity contribution in [2.24, 2.45) is 5.92 Å². The molecular weight excluding hydrogens is 231 g/mol. The van der Waals surface area contributed by atoms with Gasteiger partial charge in [0.25, 0.3) is 0 Å². The largest absolute Gasteiger partial charge is 0.497 e. The van der Waals surface area contributed by atoms with E-state index in [0.717, 1.165) is 12.8 Å². The van der Waals surface area contributed by atoms with Crippen LogP contribution in [0, 0.1) is 5.92 Å². The van der Waals surface area contributed by atoms with Crippen LogP contribution in [0.5, 0.6) is 11.5 Å². The second-order valence-electron chi connectivity index (χ2n) is 4.48. The highest BCUT2D eigenvalue weighted by molar-refractivity contribution is 6.59. The third-order valence-corrected chi connectivity index (χ3v) is 2.80. The Bertz CT molecular complexity index is 368. The standard InChI is InChI=1S/C13H21BO4/c1-4-5-10(2)9-18-13-7-6-11(17-3)8-12(13)14(15)16/h6-8,10,15-16H,4-5,9H2,1-3H3. The van der Waals surface area contributed by atoms with E-state index < -0.39 is 7.12 Å². The lowest BCUT2D eigenvalue weighted by Gasteiger charge is -2.15. The van der Waals surface area contributed by atoms with Crippen LogP contribution in [0.2, 0.25) is 0 Å². The molecule has 4 nitrogen and oxygen atoms in total. The van der Waals surface area contributed by atoms with Gasteiger partial charge in [0.15, 0.2) is 0 Å². The molecule has 0 fully saturated rings. The van der Waals surface area contributed by atoms with Crippen molar-refractivity contribution >= 4 is 12.6 Å². The smallest absolute Gasteiger partial charge is 0.492 e. The van der Waals surface area contributed by atoms with Crippen LogP contribution in [0.1, 0.15) is 26.7 Å². The third-order valence-electron chi connectivity index (χ3n) is 2.80. The summed E-state index contributed by atoms with van der Waals surface area (Å²) in [4.78, 5) is 0. The monoisotopic (exact) mass is 252 g/mol. The molecule has 0 amide bonds. The Kier molecular flexibility index (Phi) is 6.02. The Balaban J connectivity index is 2.75. The molecular formula is C13H21BO4. The van der Waals surface area contributed by atoms with Crippen molar-refractivity contribution in [1.82, 2.24) is 0 Å². The molecule has 0 saturated carbocycles. The highest BCUT2D eigenvalue weighted by Gasteiger charge is 2.18. The Morgan fingerprint density at radius 1 is 1.33 bits per heavy atom. The maximum atomic E-state index is 9.31. The zero-order valence-corrected chi connectivity index (χ0v) is 11.2. The maximum Gasteiger partial charge on any atom is 0.492 e. The van der Waals surface area contributed by atoms with Crippen LogP contribution in [-0.2, 0) is 0 Å². The Hall–Kier alpha value is -1.20. The number of benzene rings is 1. The molecule has 0 bridgehead atoms. The lowest BCUT2D eigenvalue weighted by Crippen LogP contribution is -2.32. The minimum absolute atomic E-state index is 0.332. The van der Waals surface area contributed by atoms with Gasteiger partial charge in [-0.25, -0.2) is 0 Å². The van der Waals surface area contributed by atoms with Gasteiger partial charge in [0.2, 0.25) is 0 Å². The van der Waals surface area contributed by atoms with E-state index in [1.165, 1.54) is 7.11 Å². The van der Waals surface area contributed by atoms with Crippen LogP contribution in [0.15, 0.2) is 18.2 Å². The fourth-order valence-electron chi connectivity index (χ4n) is 1.79. The molecule has 1 rings (SSSR count). The second kappa shape index (κ2) is 7.29. The molecule has 0 radical (unpaired) electrons. The molecule has 1 aromatic carbocycles. The van der Waals surface area contributed by atoms with Gasteiger partial charge in [0, 0.05) is 5.46 Å². The molecule has 0 heterocycles. The van der Waals surface area contributed by atoms with Crippen molar-refractivity contribution in [2.75, 3.05) is 13.7 Å². The number of methoxy groups -OCH3 is 1. The topological polar surface area (TPSA) is 58.9 Å². The molecule has 1 atom stereocenters. The van der Waals surface area contributed by atoms with Crippen molar-refractivity contribution in [2.45, 2.75) is 26.7 Å². The third kappa shape index (κ3) is 4.24. The molecule has 0 spiro atoms. The molecule has 0 aromatic heterocycles. The minimum Gasteiger partial charge on any atom is -0.497 e. The SMILES string of the molecule is CCCC(C)COc1ccc(OC)cc1B(O)O. The zero-order valence-electron chi connectivity index (χ0n) is 11.2. The normalized spacial score (nSPS) is 12.1. The van der Waals surface area contributed by atoms with Gasteiger partial charge in [-0.2, -0.15) is 0 Å². The average Bonchev–Trinajstić information content (AvgIpc) is 2.36. The van der Waals surface area contributed by atoms with Crippen molar-refractivity contribution in [3.63, 3.8) is 0 Å². The van der Waals surface area contributed by atoms with Crippen LogP contribution in [0.25, 0.3) is 0 Å². The molecule has 100 valence electrons. The number of hydrogen-bond donors (Lipinski definition) is 2. The Morgan fingerprint density at radius 3 is 2.61 bits per heavy atom. The van der Waals surface area contributed by atoms with Crippen molar-refractivity contribution in [3.8, 4) is 11.5 Å². The van der Waals surface area contributed by atoms with Crippen LogP contribution < -0.4 is 14.9 Å². The fraction of sp³-hybridized carbons (Fsp3) is 0.538. The first-order chi connectivity index (χ1) is 8.58. The summed E-state index contributed by atoms with van der Waals surface area (Å²) in [6, 6.07) is 5.02. The predicted molar refractivity (Wildman–Crippen MR) is 72.4 cm³/mol. The summed E-state index contributed by atoms with van der Waals surface area (Å²) >= 11 is 0. The number of hydrogen-bond acceptors (Lipinski definition) is 4. The lowest BCUT2D eigenvalue weighted by atomic mass is 9.79. The summed E-state index contributed by atoms with van der Waals surface area (Å²) in [6.07, 6.45) is 2.20. The summed E-state index contributed by atoms with van der Waals surface area (Å²) in [5.41, 5.74) is 0.332. The van der Waals surface area contributed by atoms with Gasteiger partial charge in [-0.15, -0.1) is 0 Å². The number of ether oxygens (including phenoxy) is 2. The summed E-state index contributed by atoms with van der Waals surface area (Å²) < 4.78 is 10.7.